The molecule has 1 aromatic carbocycles. The lowest BCUT2D eigenvalue weighted by Gasteiger charge is -2.10. The van der Waals surface area contributed by atoms with E-state index in [1.54, 1.807) is 13.2 Å². The molecule has 2 aromatic rings. The zero-order valence-electron chi connectivity index (χ0n) is 9.96. The molecule has 2 N–H and O–H groups in total. The van der Waals surface area contributed by atoms with Gasteiger partial charge in [0.15, 0.2) is 0 Å². The highest BCUT2D eigenvalue weighted by Gasteiger charge is 2.07. The van der Waals surface area contributed by atoms with Crippen LogP contribution in [0.1, 0.15) is 5.56 Å². The number of rotatable bonds is 3. The maximum atomic E-state index is 4.35. The van der Waals surface area contributed by atoms with Gasteiger partial charge in [-0.1, -0.05) is 6.07 Å². The number of nitrogens with zero attached hydrogens (tertiary/aromatic N) is 2. The molecule has 94 valence electrons. The molecule has 0 unspecified atom stereocenters. The fourth-order valence-electron chi connectivity index (χ4n) is 1.42. The van der Waals surface area contributed by atoms with Gasteiger partial charge in [0.1, 0.15) is 5.82 Å². The molecule has 0 bridgehead atoms. The van der Waals surface area contributed by atoms with E-state index in [0.29, 0.717) is 5.95 Å². The molecular formula is C12H12Br2N4. The number of hydrogen-bond donors (Lipinski definition) is 2. The van der Waals surface area contributed by atoms with Gasteiger partial charge in [-0.25, -0.2) is 4.98 Å². The number of benzene rings is 1. The van der Waals surface area contributed by atoms with Crippen LogP contribution in [0.2, 0.25) is 0 Å². The van der Waals surface area contributed by atoms with Crippen molar-refractivity contribution in [3.8, 4) is 0 Å². The van der Waals surface area contributed by atoms with Gasteiger partial charge in [0.2, 0.25) is 5.95 Å². The molecule has 0 aliphatic rings. The number of halogens is 2. The summed E-state index contributed by atoms with van der Waals surface area (Å²) in [7, 11) is 1.79. The first-order valence-corrected chi connectivity index (χ1v) is 6.92. The molecule has 1 aromatic heterocycles. The van der Waals surface area contributed by atoms with Crippen LogP contribution in [0.3, 0.4) is 0 Å². The Bertz CT molecular complexity index is 572. The van der Waals surface area contributed by atoms with Crippen molar-refractivity contribution in [2.45, 2.75) is 6.92 Å². The van der Waals surface area contributed by atoms with Crippen molar-refractivity contribution >= 4 is 49.3 Å². The summed E-state index contributed by atoms with van der Waals surface area (Å²) in [5, 5.41) is 6.17. The van der Waals surface area contributed by atoms with Crippen LogP contribution in [0, 0.1) is 6.92 Å². The molecule has 2 rings (SSSR count). The molecule has 0 spiro atoms. The Hall–Kier alpha value is -1.14. The Kier molecular flexibility index (Phi) is 4.19. The van der Waals surface area contributed by atoms with Crippen molar-refractivity contribution in [2.75, 3.05) is 17.7 Å². The van der Waals surface area contributed by atoms with E-state index in [9.17, 15) is 0 Å². The Morgan fingerprint density at radius 3 is 2.61 bits per heavy atom. The smallest absolute Gasteiger partial charge is 0.224 e. The van der Waals surface area contributed by atoms with Gasteiger partial charge in [-0.2, -0.15) is 4.98 Å². The van der Waals surface area contributed by atoms with Crippen molar-refractivity contribution in [1.29, 1.82) is 0 Å². The van der Waals surface area contributed by atoms with Crippen LogP contribution >= 0.6 is 31.9 Å². The lowest BCUT2D eigenvalue weighted by atomic mass is 10.2. The highest BCUT2D eigenvalue weighted by Crippen LogP contribution is 2.29. The third-order valence-electron chi connectivity index (χ3n) is 2.35. The first-order chi connectivity index (χ1) is 8.60. The molecule has 0 atom stereocenters. The van der Waals surface area contributed by atoms with Gasteiger partial charge in [0.05, 0.1) is 10.2 Å². The summed E-state index contributed by atoms with van der Waals surface area (Å²) in [4.78, 5) is 8.46. The lowest BCUT2D eigenvalue weighted by molar-refractivity contribution is 1.14. The van der Waals surface area contributed by atoms with Crippen LogP contribution in [0.15, 0.2) is 33.3 Å². The van der Waals surface area contributed by atoms with E-state index in [0.717, 1.165) is 20.5 Å². The Morgan fingerprint density at radius 1 is 1.17 bits per heavy atom. The van der Waals surface area contributed by atoms with Crippen LogP contribution in [-0.4, -0.2) is 17.0 Å². The summed E-state index contributed by atoms with van der Waals surface area (Å²) in [6.45, 7) is 2.05. The fraction of sp³-hybridized carbons (Fsp3) is 0.167. The molecule has 0 aliphatic carbocycles. The predicted octanol–water partition coefficient (Wildman–Crippen LogP) is 4.10. The number of anilines is 3. The van der Waals surface area contributed by atoms with E-state index in [4.69, 9.17) is 0 Å². The highest BCUT2D eigenvalue weighted by molar-refractivity contribution is 9.11. The monoisotopic (exact) mass is 370 g/mol. The van der Waals surface area contributed by atoms with Crippen LogP contribution in [-0.2, 0) is 0 Å². The zero-order valence-corrected chi connectivity index (χ0v) is 13.1. The standard InChI is InChI=1S/C12H12Br2N4/c1-7-3-4-10(8(13)5-7)17-11-9(14)6-16-12(15-2)18-11/h3-6H,1-2H3,(H2,15,16,17,18). The largest absolute Gasteiger partial charge is 0.357 e. The molecule has 0 saturated carbocycles. The van der Waals surface area contributed by atoms with Gasteiger partial charge >= 0.3 is 0 Å². The average molecular weight is 372 g/mol. The number of hydrogen-bond acceptors (Lipinski definition) is 4. The second-order valence-corrected chi connectivity index (χ2v) is 5.46. The van der Waals surface area contributed by atoms with Gasteiger partial charge in [-0.15, -0.1) is 0 Å². The molecule has 0 fully saturated rings. The van der Waals surface area contributed by atoms with Crippen molar-refractivity contribution in [2.24, 2.45) is 0 Å². The minimum absolute atomic E-state index is 0.573. The summed E-state index contributed by atoms with van der Waals surface area (Å²) >= 11 is 6.95. The van der Waals surface area contributed by atoms with E-state index >= 15 is 0 Å². The highest BCUT2D eigenvalue weighted by atomic mass is 79.9. The van der Waals surface area contributed by atoms with Crippen LogP contribution in [0.4, 0.5) is 17.5 Å². The van der Waals surface area contributed by atoms with Crippen molar-refractivity contribution in [1.82, 2.24) is 9.97 Å². The van der Waals surface area contributed by atoms with E-state index in [-0.39, 0.29) is 0 Å². The molecule has 1 heterocycles. The SMILES string of the molecule is CNc1ncc(Br)c(Nc2ccc(C)cc2Br)n1. The average Bonchev–Trinajstić information content (AvgIpc) is 2.35. The Balaban J connectivity index is 2.33. The molecule has 6 heteroatoms. The van der Waals surface area contributed by atoms with Crippen LogP contribution in [0.5, 0.6) is 0 Å². The summed E-state index contributed by atoms with van der Waals surface area (Å²) in [5.74, 6) is 1.29. The van der Waals surface area contributed by atoms with E-state index < -0.39 is 0 Å². The maximum absolute atomic E-state index is 4.35. The fourth-order valence-corrected chi connectivity index (χ4v) is 2.31. The first kappa shape index (κ1) is 13.3. The lowest BCUT2D eigenvalue weighted by Crippen LogP contribution is -2.01. The molecule has 0 amide bonds. The Labute approximate surface area is 122 Å². The molecule has 4 nitrogen and oxygen atoms in total. The third kappa shape index (κ3) is 3.00. The molecule has 0 saturated heterocycles. The summed E-state index contributed by atoms with van der Waals surface area (Å²) in [6, 6.07) is 6.10. The summed E-state index contributed by atoms with van der Waals surface area (Å²) in [5.41, 5.74) is 2.16. The molecular weight excluding hydrogens is 360 g/mol. The topological polar surface area (TPSA) is 49.8 Å². The van der Waals surface area contributed by atoms with E-state index in [2.05, 4.69) is 58.5 Å². The van der Waals surface area contributed by atoms with Gasteiger partial charge in [0, 0.05) is 17.7 Å². The van der Waals surface area contributed by atoms with Crippen molar-refractivity contribution < 1.29 is 0 Å². The van der Waals surface area contributed by atoms with Crippen LogP contribution < -0.4 is 10.6 Å². The molecule has 0 radical (unpaired) electrons. The third-order valence-corrected chi connectivity index (χ3v) is 3.58. The molecule has 0 aliphatic heterocycles. The number of nitrogens with one attached hydrogen (secondary N) is 2. The van der Waals surface area contributed by atoms with Crippen molar-refractivity contribution in [3.63, 3.8) is 0 Å². The maximum Gasteiger partial charge on any atom is 0.224 e. The van der Waals surface area contributed by atoms with E-state index in [1.165, 1.54) is 5.56 Å². The summed E-state index contributed by atoms with van der Waals surface area (Å²) < 4.78 is 1.81. The van der Waals surface area contributed by atoms with Gasteiger partial charge < -0.3 is 10.6 Å². The zero-order chi connectivity index (χ0) is 13.1. The van der Waals surface area contributed by atoms with Gasteiger partial charge in [-0.3, -0.25) is 0 Å². The first-order valence-electron chi connectivity index (χ1n) is 5.33. The predicted molar refractivity (Wildman–Crippen MR) is 81.4 cm³/mol. The number of aryl methyl sites for hydroxylation is 1. The molecule has 18 heavy (non-hydrogen) atoms. The normalized spacial score (nSPS) is 10.2. The van der Waals surface area contributed by atoms with Crippen LogP contribution in [0.25, 0.3) is 0 Å². The van der Waals surface area contributed by atoms with E-state index in [1.807, 2.05) is 19.1 Å². The minimum Gasteiger partial charge on any atom is -0.357 e. The quantitative estimate of drug-likeness (QED) is 0.852. The second kappa shape index (κ2) is 5.67. The van der Waals surface area contributed by atoms with Gasteiger partial charge in [-0.05, 0) is 56.5 Å². The Morgan fingerprint density at radius 2 is 1.94 bits per heavy atom. The number of aromatic nitrogens is 2. The second-order valence-electron chi connectivity index (χ2n) is 3.75. The van der Waals surface area contributed by atoms with Crippen molar-refractivity contribution in [3.05, 3.63) is 38.9 Å². The minimum atomic E-state index is 0.573. The van der Waals surface area contributed by atoms with Gasteiger partial charge in [0.25, 0.3) is 0 Å². The summed E-state index contributed by atoms with van der Waals surface area (Å²) in [6.07, 6.45) is 1.71.